The van der Waals surface area contributed by atoms with E-state index in [0.29, 0.717) is 6.04 Å². The second kappa shape index (κ2) is 11.3. The number of methoxy groups -OCH3 is 1. The van der Waals surface area contributed by atoms with Crippen LogP contribution in [0.3, 0.4) is 0 Å². The summed E-state index contributed by atoms with van der Waals surface area (Å²) in [5.41, 5.74) is 0. The zero-order chi connectivity index (χ0) is 12.2. The van der Waals surface area contributed by atoms with E-state index in [2.05, 4.69) is 18.7 Å². The van der Waals surface area contributed by atoms with Gasteiger partial charge in [-0.3, -0.25) is 4.90 Å². The summed E-state index contributed by atoms with van der Waals surface area (Å²) in [6.45, 7) is 8.76. The van der Waals surface area contributed by atoms with Gasteiger partial charge in [-0.1, -0.05) is 0 Å². The Labute approximate surface area is 99.5 Å². The van der Waals surface area contributed by atoms with Gasteiger partial charge in [0.25, 0.3) is 0 Å². The van der Waals surface area contributed by atoms with Crippen LogP contribution in [0.4, 0.5) is 0 Å². The summed E-state index contributed by atoms with van der Waals surface area (Å²) in [6.07, 6.45) is 1.79. The van der Waals surface area contributed by atoms with Crippen LogP contribution in [0.5, 0.6) is 0 Å². The summed E-state index contributed by atoms with van der Waals surface area (Å²) in [7, 11) is 1.70. The minimum atomic E-state index is 0.262. The molecule has 0 aromatic carbocycles. The minimum absolute atomic E-state index is 0.262. The van der Waals surface area contributed by atoms with E-state index in [1.165, 1.54) is 0 Å². The fourth-order valence-corrected chi connectivity index (χ4v) is 1.49. The molecule has 0 heterocycles. The first-order chi connectivity index (χ1) is 7.72. The van der Waals surface area contributed by atoms with E-state index < -0.39 is 0 Å². The molecule has 16 heavy (non-hydrogen) atoms. The maximum absolute atomic E-state index is 8.79. The van der Waals surface area contributed by atoms with Gasteiger partial charge in [0.1, 0.15) is 0 Å². The molecule has 0 radical (unpaired) electrons. The molecular weight excluding hydrogens is 206 g/mol. The Morgan fingerprint density at radius 3 is 2.38 bits per heavy atom. The molecule has 0 rings (SSSR count). The highest BCUT2D eigenvalue weighted by Crippen LogP contribution is 1.99. The average Bonchev–Trinajstić information content (AvgIpc) is 2.26. The van der Waals surface area contributed by atoms with E-state index in [-0.39, 0.29) is 6.61 Å². The maximum atomic E-state index is 8.79. The fourth-order valence-electron chi connectivity index (χ4n) is 1.49. The van der Waals surface area contributed by atoms with Gasteiger partial charge in [-0.2, -0.15) is 0 Å². The third-order valence-electron chi connectivity index (χ3n) is 2.49. The largest absolute Gasteiger partial charge is 0.396 e. The third-order valence-corrected chi connectivity index (χ3v) is 2.49. The van der Waals surface area contributed by atoms with Crippen LogP contribution in [0, 0.1) is 0 Å². The molecule has 0 amide bonds. The van der Waals surface area contributed by atoms with Crippen LogP contribution in [0.2, 0.25) is 0 Å². The van der Waals surface area contributed by atoms with Crippen molar-refractivity contribution in [2.45, 2.75) is 32.7 Å². The SMILES string of the molecule is COCCCOCCN(CCCO)C(C)C. The van der Waals surface area contributed by atoms with Crippen molar-refractivity contribution in [1.29, 1.82) is 0 Å². The standard InChI is InChI=1S/C12H27NO3/c1-12(2)13(6-4-8-14)7-11-16-10-5-9-15-3/h12,14H,4-11H2,1-3H3. The van der Waals surface area contributed by atoms with E-state index >= 15 is 0 Å². The van der Waals surface area contributed by atoms with Gasteiger partial charge in [0.2, 0.25) is 0 Å². The van der Waals surface area contributed by atoms with Crippen molar-refractivity contribution >= 4 is 0 Å². The minimum Gasteiger partial charge on any atom is -0.396 e. The van der Waals surface area contributed by atoms with E-state index in [4.69, 9.17) is 14.6 Å². The number of aliphatic hydroxyl groups is 1. The van der Waals surface area contributed by atoms with Crippen LogP contribution in [0.1, 0.15) is 26.7 Å². The predicted molar refractivity (Wildman–Crippen MR) is 65.7 cm³/mol. The molecule has 0 aliphatic heterocycles. The summed E-state index contributed by atoms with van der Waals surface area (Å²) in [5, 5.41) is 8.79. The highest BCUT2D eigenvalue weighted by molar-refractivity contribution is 4.62. The van der Waals surface area contributed by atoms with Crippen LogP contribution in [-0.4, -0.2) is 62.7 Å². The van der Waals surface area contributed by atoms with Gasteiger partial charge in [-0.15, -0.1) is 0 Å². The Balaban J connectivity index is 3.44. The Morgan fingerprint density at radius 1 is 1.06 bits per heavy atom. The number of aliphatic hydroxyl groups excluding tert-OH is 1. The molecule has 0 aromatic rings. The van der Waals surface area contributed by atoms with Crippen LogP contribution >= 0.6 is 0 Å². The van der Waals surface area contributed by atoms with Crippen molar-refractivity contribution in [1.82, 2.24) is 4.90 Å². The van der Waals surface area contributed by atoms with Crippen molar-refractivity contribution < 1.29 is 14.6 Å². The molecule has 0 saturated heterocycles. The molecule has 98 valence electrons. The first-order valence-electron chi connectivity index (χ1n) is 6.14. The monoisotopic (exact) mass is 233 g/mol. The molecule has 0 spiro atoms. The molecule has 4 nitrogen and oxygen atoms in total. The first-order valence-corrected chi connectivity index (χ1v) is 6.14. The van der Waals surface area contributed by atoms with Crippen LogP contribution < -0.4 is 0 Å². The quantitative estimate of drug-likeness (QED) is 0.543. The summed E-state index contributed by atoms with van der Waals surface area (Å²) in [6, 6.07) is 0.508. The molecule has 1 N–H and O–H groups in total. The lowest BCUT2D eigenvalue weighted by molar-refractivity contribution is 0.0740. The van der Waals surface area contributed by atoms with E-state index in [1.54, 1.807) is 7.11 Å². The van der Waals surface area contributed by atoms with Gasteiger partial charge in [0.15, 0.2) is 0 Å². The van der Waals surface area contributed by atoms with Gasteiger partial charge in [-0.05, 0) is 26.7 Å². The van der Waals surface area contributed by atoms with E-state index in [9.17, 15) is 0 Å². The van der Waals surface area contributed by atoms with Crippen molar-refractivity contribution in [3.8, 4) is 0 Å². The smallest absolute Gasteiger partial charge is 0.0593 e. The fraction of sp³-hybridized carbons (Fsp3) is 1.00. The van der Waals surface area contributed by atoms with Crippen molar-refractivity contribution in [2.75, 3.05) is 46.6 Å². The summed E-state index contributed by atoms with van der Waals surface area (Å²) >= 11 is 0. The van der Waals surface area contributed by atoms with Crippen molar-refractivity contribution in [3.05, 3.63) is 0 Å². The van der Waals surface area contributed by atoms with Crippen LogP contribution in [-0.2, 0) is 9.47 Å². The van der Waals surface area contributed by atoms with E-state index in [0.717, 1.165) is 45.8 Å². The highest BCUT2D eigenvalue weighted by Gasteiger charge is 2.07. The molecule has 0 unspecified atom stereocenters. The molecular formula is C12H27NO3. The molecule has 0 saturated carbocycles. The zero-order valence-electron chi connectivity index (χ0n) is 10.9. The Hall–Kier alpha value is -0.160. The van der Waals surface area contributed by atoms with Crippen molar-refractivity contribution in [2.24, 2.45) is 0 Å². The first kappa shape index (κ1) is 15.8. The molecule has 4 heteroatoms. The van der Waals surface area contributed by atoms with Gasteiger partial charge in [-0.25, -0.2) is 0 Å². The van der Waals surface area contributed by atoms with Gasteiger partial charge >= 0.3 is 0 Å². The summed E-state index contributed by atoms with van der Waals surface area (Å²) in [4.78, 5) is 2.33. The lowest BCUT2D eigenvalue weighted by atomic mass is 10.3. The number of hydrogen-bond donors (Lipinski definition) is 1. The Kier molecular flexibility index (Phi) is 11.2. The van der Waals surface area contributed by atoms with Gasteiger partial charge in [0, 0.05) is 46.1 Å². The lowest BCUT2D eigenvalue weighted by Crippen LogP contribution is -2.35. The summed E-state index contributed by atoms with van der Waals surface area (Å²) in [5.74, 6) is 0. The molecule has 0 atom stereocenters. The normalized spacial score (nSPS) is 11.6. The molecule has 0 bridgehead atoms. The van der Waals surface area contributed by atoms with Gasteiger partial charge in [0.05, 0.1) is 6.61 Å². The second-order valence-corrected chi connectivity index (χ2v) is 4.17. The Bertz CT molecular complexity index is 142. The lowest BCUT2D eigenvalue weighted by Gasteiger charge is -2.25. The van der Waals surface area contributed by atoms with E-state index in [1.807, 2.05) is 0 Å². The molecule has 0 aliphatic carbocycles. The summed E-state index contributed by atoms with van der Waals surface area (Å²) < 4.78 is 10.5. The third kappa shape index (κ3) is 9.09. The van der Waals surface area contributed by atoms with Crippen LogP contribution in [0.15, 0.2) is 0 Å². The topological polar surface area (TPSA) is 41.9 Å². The van der Waals surface area contributed by atoms with Crippen molar-refractivity contribution in [3.63, 3.8) is 0 Å². The Morgan fingerprint density at radius 2 is 1.81 bits per heavy atom. The predicted octanol–water partition coefficient (Wildman–Crippen LogP) is 1.13. The number of ether oxygens (including phenoxy) is 2. The van der Waals surface area contributed by atoms with Gasteiger partial charge < -0.3 is 14.6 Å². The number of hydrogen-bond acceptors (Lipinski definition) is 4. The highest BCUT2D eigenvalue weighted by atomic mass is 16.5. The number of nitrogens with zero attached hydrogens (tertiary/aromatic N) is 1. The zero-order valence-corrected chi connectivity index (χ0v) is 10.9. The second-order valence-electron chi connectivity index (χ2n) is 4.17. The molecule has 0 aliphatic rings. The van der Waals surface area contributed by atoms with Crippen LogP contribution in [0.25, 0.3) is 0 Å². The maximum Gasteiger partial charge on any atom is 0.0593 e. The average molecular weight is 233 g/mol. The molecule has 0 fully saturated rings. The molecule has 0 aromatic heterocycles. The number of rotatable bonds is 11.